The number of rotatable bonds is 14. The number of benzene rings is 1. The van der Waals surface area contributed by atoms with Crippen molar-refractivity contribution in [2.75, 3.05) is 6.54 Å². The summed E-state index contributed by atoms with van der Waals surface area (Å²) in [5.41, 5.74) is 7.26. The molecule has 0 fully saturated rings. The van der Waals surface area contributed by atoms with Crippen LogP contribution in [0.25, 0.3) is 0 Å². The van der Waals surface area contributed by atoms with Crippen molar-refractivity contribution in [3.63, 3.8) is 0 Å². The van der Waals surface area contributed by atoms with E-state index < -0.39 is 60.8 Å². The van der Waals surface area contributed by atoms with E-state index in [4.69, 9.17) is 15.9 Å². The maximum absolute atomic E-state index is 13.0. The normalized spacial score (nSPS) is 13.2. The molecule has 1 aromatic heterocycles. The number of aliphatic carboxylic acids is 2. The summed E-state index contributed by atoms with van der Waals surface area (Å²) in [7, 11) is 0. The van der Waals surface area contributed by atoms with Gasteiger partial charge < -0.3 is 36.9 Å². The van der Waals surface area contributed by atoms with Crippen LogP contribution >= 0.6 is 0 Å². The Morgan fingerprint density at radius 3 is 2.20 bits per heavy atom. The second-order valence-electron chi connectivity index (χ2n) is 7.74. The molecule has 188 valence electrons. The summed E-state index contributed by atoms with van der Waals surface area (Å²) in [6.07, 6.45) is 2.26. The fourth-order valence-electron chi connectivity index (χ4n) is 3.16. The summed E-state index contributed by atoms with van der Waals surface area (Å²) < 4.78 is 0. The quantitative estimate of drug-likeness (QED) is 0.165. The number of hydrogen-bond donors (Lipinski definition) is 7. The van der Waals surface area contributed by atoms with Crippen LogP contribution in [-0.4, -0.2) is 74.5 Å². The number of nitrogens with zero attached hydrogens (tertiary/aromatic N) is 1. The van der Waals surface area contributed by atoms with Crippen LogP contribution in [-0.2, 0) is 36.8 Å². The van der Waals surface area contributed by atoms with Crippen LogP contribution in [0, 0.1) is 0 Å². The number of hydrogen-bond acceptors (Lipinski definition) is 7. The van der Waals surface area contributed by atoms with Gasteiger partial charge >= 0.3 is 11.9 Å². The molecule has 1 heterocycles. The van der Waals surface area contributed by atoms with Crippen LogP contribution in [0.2, 0.25) is 0 Å². The number of carboxylic acids is 2. The van der Waals surface area contributed by atoms with Gasteiger partial charge in [-0.1, -0.05) is 30.3 Å². The van der Waals surface area contributed by atoms with Crippen LogP contribution in [0.15, 0.2) is 42.9 Å². The van der Waals surface area contributed by atoms with Gasteiger partial charge in [0.15, 0.2) is 0 Å². The number of carbonyl (C=O) groups is 5. The van der Waals surface area contributed by atoms with Crippen LogP contribution in [0.4, 0.5) is 0 Å². The molecular formula is C22H28N6O7. The van der Waals surface area contributed by atoms with E-state index in [1.54, 1.807) is 24.3 Å². The molecule has 2 rings (SSSR count). The van der Waals surface area contributed by atoms with E-state index in [1.807, 2.05) is 6.07 Å². The molecule has 0 radical (unpaired) electrons. The minimum Gasteiger partial charge on any atom is -0.481 e. The number of carboxylic acid groups (broad SMARTS) is 2. The first-order chi connectivity index (χ1) is 16.7. The Morgan fingerprint density at radius 2 is 1.60 bits per heavy atom. The summed E-state index contributed by atoms with van der Waals surface area (Å²) in [5, 5.41) is 25.0. The van der Waals surface area contributed by atoms with Crippen molar-refractivity contribution >= 4 is 29.7 Å². The maximum Gasteiger partial charge on any atom is 0.322 e. The first-order valence-corrected chi connectivity index (χ1v) is 10.7. The molecule has 13 nitrogen and oxygen atoms in total. The highest BCUT2D eigenvalue weighted by Gasteiger charge is 2.29. The van der Waals surface area contributed by atoms with E-state index in [0.29, 0.717) is 5.69 Å². The van der Waals surface area contributed by atoms with Gasteiger partial charge in [-0.15, -0.1) is 0 Å². The van der Waals surface area contributed by atoms with Crippen molar-refractivity contribution in [1.82, 2.24) is 25.9 Å². The van der Waals surface area contributed by atoms with E-state index in [0.717, 1.165) is 5.56 Å². The number of nitrogens with one attached hydrogen (secondary N) is 4. The number of amides is 3. The van der Waals surface area contributed by atoms with Crippen molar-refractivity contribution < 1.29 is 34.2 Å². The van der Waals surface area contributed by atoms with E-state index in [2.05, 4.69) is 25.9 Å². The lowest BCUT2D eigenvalue weighted by Gasteiger charge is -2.23. The van der Waals surface area contributed by atoms with Gasteiger partial charge in [0.05, 0.1) is 12.4 Å². The Kier molecular flexibility index (Phi) is 10.4. The fourth-order valence-corrected chi connectivity index (χ4v) is 3.16. The zero-order valence-corrected chi connectivity index (χ0v) is 18.8. The van der Waals surface area contributed by atoms with Gasteiger partial charge in [-0.2, -0.15) is 0 Å². The Balaban J connectivity index is 2.11. The molecule has 0 spiro atoms. The minimum atomic E-state index is -1.29. The molecule has 0 aliphatic carbocycles. The lowest BCUT2D eigenvalue weighted by Crippen LogP contribution is -2.56. The second kappa shape index (κ2) is 13.4. The fraction of sp³-hybridized carbons (Fsp3) is 0.364. The third kappa shape index (κ3) is 9.63. The van der Waals surface area contributed by atoms with Crippen molar-refractivity contribution in [3.05, 3.63) is 54.1 Å². The van der Waals surface area contributed by atoms with Gasteiger partial charge in [-0.3, -0.25) is 24.0 Å². The molecule has 0 saturated heterocycles. The standard InChI is InChI=1S/C22H28N6O7/c23-15(8-13-4-2-1-3-5-13)20(33)27-16(6-7-18(29)30)22(35)28-17(9-14-10-24-12-26-14)21(34)25-11-19(31)32/h1-5,10,12,15-17H,6-9,11,23H2,(H,24,26)(H,25,34)(H,27,33)(H,28,35)(H,29,30)(H,31,32). The zero-order valence-electron chi connectivity index (χ0n) is 18.8. The minimum absolute atomic E-state index is 0.0513. The van der Waals surface area contributed by atoms with Gasteiger partial charge in [0.25, 0.3) is 0 Å². The smallest absolute Gasteiger partial charge is 0.322 e. The Labute approximate surface area is 200 Å². The van der Waals surface area contributed by atoms with E-state index >= 15 is 0 Å². The summed E-state index contributed by atoms with van der Waals surface area (Å²) in [6, 6.07) is 5.46. The molecular weight excluding hydrogens is 460 g/mol. The molecule has 0 aliphatic heterocycles. The third-order valence-electron chi connectivity index (χ3n) is 4.94. The first-order valence-electron chi connectivity index (χ1n) is 10.7. The highest BCUT2D eigenvalue weighted by Crippen LogP contribution is 2.06. The average molecular weight is 489 g/mol. The van der Waals surface area contributed by atoms with E-state index in [1.165, 1.54) is 12.5 Å². The SMILES string of the molecule is NC(Cc1ccccc1)C(=O)NC(CCC(=O)O)C(=O)NC(Cc1cnc[nH]1)C(=O)NCC(=O)O. The second-order valence-corrected chi connectivity index (χ2v) is 7.74. The predicted octanol–water partition coefficient (Wildman–Crippen LogP) is -1.44. The topological polar surface area (TPSA) is 217 Å². The molecule has 0 bridgehead atoms. The van der Waals surface area contributed by atoms with Gasteiger partial charge in [0.2, 0.25) is 17.7 Å². The maximum atomic E-state index is 13.0. The number of nitrogens with two attached hydrogens (primary N) is 1. The van der Waals surface area contributed by atoms with Crippen LogP contribution < -0.4 is 21.7 Å². The zero-order chi connectivity index (χ0) is 25.8. The number of aromatic nitrogens is 2. The van der Waals surface area contributed by atoms with Gasteiger partial charge in [0.1, 0.15) is 18.6 Å². The van der Waals surface area contributed by atoms with Gasteiger partial charge in [-0.05, 0) is 18.4 Å². The summed E-state index contributed by atoms with van der Waals surface area (Å²) in [5.74, 6) is -4.72. The highest BCUT2D eigenvalue weighted by molar-refractivity contribution is 5.94. The van der Waals surface area contributed by atoms with Crippen molar-refractivity contribution in [2.24, 2.45) is 5.73 Å². The molecule has 35 heavy (non-hydrogen) atoms. The molecule has 3 unspecified atom stereocenters. The molecule has 3 amide bonds. The van der Waals surface area contributed by atoms with Crippen molar-refractivity contribution in [1.29, 1.82) is 0 Å². The van der Waals surface area contributed by atoms with Crippen molar-refractivity contribution in [2.45, 2.75) is 43.8 Å². The highest BCUT2D eigenvalue weighted by atomic mass is 16.4. The number of carbonyl (C=O) groups excluding carboxylic acids is 3. The Bertz CT molecular complexity index is 1010. The molecule has 8 N–H and O–H groups in total. The van der Waals surface area contributed by atoms with Crippen LogP contribution in [0.1, 0.15) is 24.1 Å². The average Bonchev–Trinajstić information content (AvgIpc) is 3.33. The molecule has 1 aromatic carbocycles. The summed E-state index contributed by atoms with van der Waals surface area (Å²) in [4.78, 5) is 66.6. The molecule has 0 saturated carbocycles. The molecule has 13 heteroatoms. The summed E-state index contributed by atoms with van der Waals surface area (Å²) >= 11 is 0. The number of imidazole rings is 1. The van der Waals surface area contributed by atoms with Gasteiger partial charge in [-0.25, -0.2) is 4.98 Å². The van der Waals surface area contributed by atoms with E-state index in [-0.39, 0.29) is 19.3 Å². The monoisotopic (exact) mass is 488 g/mol. The predicted molar refractivity (Wildman–Crippen MR) is 122 cm³/mol. The largest absolute Gasteiger partial charge is 0.481 e. The number of aromatic amines is 1. The van der Waals surface area contributed by atoms with E-state index in [9.17, 15) is 24.0 Å². The van der Waals surface area contributed by atoms with Crippen molar-refractivity contribution in [3.8, 4) is 0 Å². The van der Waals surface area contributed by atoms with Crippen LogP contribution in [0.5, 0.6) is 0 Å². The first kappa shape index (κ1) is 27.0. The molecule has 0 aliphatic rings. The Hall–Kier alpha value is -4.26. The van der Waals surface area contributed by atoms with Gasteiger partial charge in [0, 0.05) is 24.7 Å². The lowest BCUT2D eigenvalue weighted by atomic mass is 10.0. The molecule has 2 aromatic rings. The lowest BCUT2D eigenvalue weighted by molar-refractivity contribution is -0.138. The molecule has 3 atom stereocenters. The summed E-state index contributed by atoms with van der Waals surface area (Å²) in [6.45, 7) is -0.665. The Morgan fingerprint density at radius 1 is 0.914 bits per heavy atom. The van der Waals surface area contributed by atoms with Crippen LogP contribution in [0.3, 0.4) is 0 Å². The number of H-pyrrole nitrogens is 1. The third-order valence-corrected chi connectivity index (χ3v) is 4.94.